The molecule has 2 saturated heterocycles. The first-order valence-corrected chi connectivity index (χ1v) is 9.17. The fourth-order valence-electron chi connectivity index (χ4n) is 3.57. The van der Waals surface area contributed by atoms with Gasteiger partial charge in [0.1, 0.15) is 18.5 Å². The maximum atomic E-state index is 10.3. The van der Waals surface area contributed by atoms with Gasteiger partial charge < -0.3 is 19.5 Å². The van der Waals surface area contributed by atoms with Gasteiger partial charge in [0.05, 0.1) is 18.9 Å². The molecule has 0 aromatic heterocycles. The molecule has 1 aromatic rings. The molecule has 2 aliphatic rings. The SMILES string of the molecule is C[C@H]1CCCN(c2ccccc2OC[C@H](O)CN2CCOCC2)C1. The molecule has 0 saturated carbocycles. The van der Waals surface area contributed by atoms with Crippen molar-refractivity contribution in [3.8, 4) is 5.75 Å². The summed E-state index contributed by atoms with van der Waals surface area (Å²) in [6, 6.07) is 8.20. The molecule has 0 radical (unpaired) electrons. The lowest BCUT2D eigenvalue weighted by molar-refractivity contribution is 0.00469. The summed E-state index contributed by atoms with van der Waals surface area (Å²) in [5.41, 5.74) is 1.16. The van der Waals surface area contributed by atoms with E-state index >= 15 is 0 Å². The summed E-state index contributed by atoms with van der Waals surface area (Å²) in [6.45, 7) is 8.73. The summed E-state index contributed by atoms with van der Waals surface area (Å²) in [4.78, 5) is 4.65. The monoisotopic (exact) mass is 334 g/mol. The van der Waals surface area contributed by atoms with Crippen LogP contribution in [-0.2, 0) is 4.74 Å². The Balaban J connectivity index is 1.54. The van der Waals surface area contributed by atoms with E-state index in [0.29, 0.717) is 13.2 Å². The quantitative estimate of drug-likeness (QED) is 0.862. The number of anilines is 1. The summed E-state index contributed by atoms with van der Waals surface area (Å²) in [6.07, 6.45) is 2.06. The minimum Gasteiger partial charge on any atom is -0.489 e. The highest BCUT2D eigenvalue weighted by Crippen LogP contribution is 2.31. The van der Waals surface area contributed by atoms with E-state index in [9.17, 15) is 5.11 Å². The van der Waals surface area contributed by atoms with Crippen LogP contribution < -0.4 is 9.64 Å². The van der Waals surface area contributed by atoms with Crippen LogP contribution in [0.3, 0.4) is 0 Å². The molecule has 0 aliphatic carbocycles. The van der Waals surface area contributed by atoms with Gasteiger partial charge in [-0.25, -0.2) is 0 Å². The zero-order chi connectivity index (χ0) is 16.8. The molecule has 5 nitrogen and oxygen atoms in total. The molecule has 2 heterocycles. The van der Waals surface area contributed by atoms with Crippen LogP contribution in [0.2, 0.25) is 0 Å². The molecule has 2 aliphatic heterocycles. The van der Waals surface area contributed by atoms with Crippen LogP contribution >= 0.6 is 0 Å². The number of morpholine rings is 1. The molecule has 0 unspecified atom stereocenters. The second-order valence-corrected chi connectivity index (χ2v) is 7.04. The van der Waals surface area contributed by atoms with E-state index in [1.807, 2.05) is 12.1 Å². The number of nitrogens with zero attached hydrogens (tertiary/aromatic N) is 2. The number of β-amino-alcohol motifs (C(OH)–C–C–N with tert-alkyl or cyclic N) is 1. The zero-order valence-electron chi connectivity index (χ0n) is 14.7. The van der Waals surface area contributed by atoms with Gasteiger partial charge in [0, 0.05) is 32.7 Å². The van der Waals surface area contributed by atoms with Crippen LogP contribution in [0.4, 0.5) is 5.69 Å². The Labute approximate surface area is 145 Å². The van der Waals surface area contributed by atoms with Gasteiger partial charge in [0.15, 0.2) is 0 Å². The number of aliphatic hydroxyl groups is 1. The Morgan fingerprint density at radius 2 is 2.04 bits per heavy atom. The number of para-hydroxylation sites is 2. The van der Waals surface area contributed by atoms with Crippen molar-refractivity contribution in [2.75, 3.05) is 57.4 Å². The fraction of sp³-hybridized carbons (Fsp3) is 0.684. The lowest BCUT2D eigenvalue weighted by atomic mass is 9.99. The van der Waals surface area contributed by atoms with E-state index in [2.05, 4.69) is 28.9 Å². The van der Waals surface area contributed by atoms with Crippen LogP contribution in [0.1, 0.15) is 19.8 Å². The van der Waals surface area contributed by atoms with E-state index in [4.69, 9.17) is 9.47 Å². The summed E-state index contributed by atoms with van der Waals surface area (Å²) >= 11 is 0. The summed E-state index contributed by atoms with van der Waals surface area (Å²) in [5.74, 6) is 1.60. The lowest BCUT2D eigenvalue weighted by Crippen LogP contribution is -2.42. The second-order valence-electron chi connectivity index (χ2n) is 7.04. The van der Waals surface area contributed by atoms with Gasteiger partial charge in [0.25, 0.3) is 0 Å². The van der Waals surface area contributed by atoms with Crippen LogP contribution in [-0.4, -0.2) is 68.7 Å². The average molecular weight is 334 g/mol. The highest BCUT2D eigenvalue weighted by Gasteiger charge is 2.20. The molecule has 2 fully saturated rings. The Bertz CT molecular complexity index is 505. The molecule has 1 N–H and O–H groups in total. The number of benzene rings is 1. The normalized spacial score (nSPS) is 23.9. The van der Waals surface area contributed by atoms with Crippen molar-refractivity contribution in [1.82, 2.24) is 4.90 Å². The number of piperidine rings is 1. The van der Waals surface area contributed by atoms with Gasteiger partial charge in [-0.15, -0.1) is 0 Å². The lowest BCUT2D eigenvalue weighted by Gasteiger charge is -2.34. The number of hydrogen-bond acceptors (Lipinski definition) is 5. The van der Waals surface area contributed by atoms with E-state index in [1.165, 1.54) is 12.8 Å². The predicted molar refractivity (Wildman–Crippen MR) is 95.8 cm³/mol. The van der Waals surface area contributed by atoms with Crippen molar-refractivity contribution in [3.05, 3.63) is 24.3 Å². The smallest absolute Gasteiger partial charge is 0.142 e. The largest absolute Gasteiger partial charge is 0.489 e. The van der Waals surface area contributed by atoms with Crippen molar-refractivity contribution in [3.63, 3.8) is 0 Å². The molecule has 24 heavy (non-hydrogen) atoms. The van der Waals surface area contributed by atoms with Gasteiger partial charge in [-0.1, -0.05) is 19.1 Å². The molecule has 0 amide bonds. The third-order valence-corrected chi connectivity index (χ3v) is 4.87. The minimum atomic E-state index is -0.476. The maximum Gasteiger partial charge on any atom is 0.142 e. The van der Waals surface area contributed by atoms with E-state index in [1.54, 1.807) is 0 Å². The van der Waals surface area contributed by atoms with Crippen molar-refractivity contribution >= 4 is 5.69 Å². The second kappa shape index (κ2) is 8.70. The van der Waals surface area contributed by atoms with Gasteiger partial charge in [-0.3, -0.25) is 4.90 Å². The molecule has 3 rings (SSSR count). The summed E-state index contributed by atoms with van der Waals surface area (Å²) in [5, 5.41) is 10.3. The van der Waals surface area contributed by atoms with Crippen LogP contribution in [0.15, 0.2) is 24.3 Å². The van der Waals surface area contributed by atoms with Crippen LogP contribution in [0.25, 0.3) is 0 Å². The minimum absolute atomic E-state index is 0.331. The molecule has 0 spiro atoms. The van der Waals surface area contributed by atoms with Crippen LogP contribution in [0, 0.1) is 5.92 Å². The first kappa shape index (κ1) is 17.5. The predicted octanol–water partition coefficient (Wildman–Crippen LogP) is 1.99. The first-order valence-electron chi connectivity index (χ1n) is 9.17. The highest BCUT2D eigenvalue weighted by molar-refractivity contribution is 5.58. The van der Waals surface area contributed by atoms with Gasteiger partial charge in [-0.05, 0) is 30.9 Å². The summed E-state index contributed by atoms with van der Waals surface area (Å²) in [7, 11) is 0. The van der Waals surface area contributed by atoms with E-state index < -0.39 is 6.10 Å². The van der Waals surface area contributed by atoms with Gasteiger partial charge >= 0.3 is 0 Å². The number of aliphatic hydroxyl groups excluding tert-OH is 1. The van der Waals surface area contributed by atoms with E-state index in [-0.39, 0.29) is 0 Å². The van der Waals surface area contributed by atoms with Crippen molar-refractivity contribution in [2.45, 2.75) is 25.9 Å². The molecule has 2 atom stereocenters. The third-order valence-electron chi connectivity index (χ3n) is 4.87. The van der Waals surface area contributed by atoms with E-state index in [0.717, 1.165) is 56.7 Å². The Hall–Kier alpha value is -1.30. The van der Waals surface area contributed by atoms with Crippen molar-refractivity contribution in [2.24, 2.45) is 5.92 Å². The molecule has 1 aromatic carbocycles. The molecule has 5 heteroatoms. The molecular formula is C19H30N2O3. The Morgan fingerprint density at radius 3 is 2.83 bits per heavy atom. The fourth-order valence-corrected chi connectivity index (χ4v) is 3.57. The number of hydrogen-bond donors (Lipinski definition) is 1. The highest BCUT2D eigenvalue weighted by atomic mass is 16.5. The first-order chi connectivity index (χ1) is 11.7. The molecular weight excluding hydrogens is 304 g/mol. The standard InChI is InChI=1S/C19H30N2O3/c1-16-5-4-8-21(13-16)18-6-2-3-7-19(18)24-15-17(22)14-20-9-11-23-12-10-20/h2-3,6-7,16-17,22H,4-5,8-15H2,1H3/t16-,17+/m0/s1. The Morgan fingerprint density at radius 1 is 1.25 bits per heavy atom. The van der Waals surface area contributed by atoms with Crippen molar-refractivity contribution in [1.29, 1.82) is 0 Å². The van der Waals surface area contributed by atoms with Crippen molar-refractivity contribution < 1.29 is 14.6 Å². The number of ether oxygens (including phenoxy) is 2. The summed E-state index contributed by atoms with van der Waals surface area (Å²) < 4.78 is 11.3. The topological polar surface area (TPSA) is 45.2 Å². The van der Waals surface area contributed by atoms with Gasteiger partial charge in [-0.2, -0.15) is 0 Å². The third kappa shape index (κ3) is 4.85. The molecule has 0 bridgehead atoms. The Kier molecular flexibility index (Phi) is 6.35. The van der Waals surface area contributed by atoms with Crippen LogP contribution in [0.5, 0.6) is 5.75 Å². The molecule has 134 valence electrons. The zero-order valence-corrected chi connectivity index (χ0v) is 14.7. The maximum absolute atomic E-state index is 10.3. The average Bonchev–Trinajstić information content (AvgIpc) is 2.61. The number of rotatable bonds is 6. The van der Waals surface area contributed by atoms with Gasteiger partial charge in [0.2, 0.25) is 0 Å².